The number of nitrogens with one attached hydrogen (secondary N) is 1. The number of aromatic amines is 1. The van der Waals surface area contributed by atoms with E-state index in [2.05, 4.69) is 15.0 Å². The lowest BCUT2D eigenvalue weighted by molar-refractivity contribution is -0.147. The second kappa shape index (κ2) is 10.9. The van der Waals surface area contributed by atoms with Crippen LogP contribution in [0, 0.1) is 11.4 Å². The Balaban J connectivity index is 1.76. The van der Waals surface area contributed by atoms with Crippen LogP contribution in [0.25, 0.3) is 0 Å². The third-order valence-electron chi connectivity index (χ3n) is 5.55. The molecule has 2 heterocycles. The Morgan fingerprint density at radius 2 is 1.76 bits per heavy atom. The number of H-pyrrole nitrogens is 1. The van der Waals surface area contributed by atoms with Gasteiger partial charge >= 0.3 is 17.3 Å². The molecule has 0 saturated carbocycles. The molecule has 196 valence electrons. The molecule has 0 unspecified atom stereocenters. The zero-order valence-corrected chi connectivity index (χ0v) is 21.1. The van der Waals surface area contributed by atoms with Crippen molar-refractivity contribution in [1.82, 2.24) is 19.1 Å². The summed E-state index contributed by atoms with van der Waals surface area (Å²) in [5.74, 6) is -1.38. The second-order valence-electron chi connectivity index (χ2n) is 9.03. The number of benzene rings is 2. The van der Waals surface area contributed by atoms with E-state index in [1.54, 1.807) is 48.5 Å². The number of carboxylic acid groups (broad SMARTS) is 1. The molecule has 0 spiro atoms. The van der Waals surface area contributed by atoms with E-state index in [0.29, 0.717) is 22.0 Å². The number of hydrogen-bond donors (Lipinski definition) is 2. The number of nitrogens with zero attached hydrogens (tertiary/aromatic N) is 4. The molecule has 4 aromatic rings. The fourth-order valence-corrected chi connectivity index (χ4v) is 3.56. The molecule has 0 aliphatic heterocycles. The molecule has 0 atom stereocenters. The van der Waals surface area contributed by atoms with Crippen LogP contribution in [0.3, 0.4) is 0 Å². The Morgan fingerprint density at radius 1 is 1.08 bits per heavy atom. The van der Waals surface area contributed by atoms with Gasteiger partial charge in [0, 0.05) is 17.6 Å². The minimum Gasteiger partial charge on any atom is -0.481 e. The lowest BCUT2D eigenvalue weighted by atomic mass is 9.94. The molecule has 0 aliphatic rings. The predicted molar refractivity (Wildman–Crippen MR) is 137 cm³/mol. The van der Waals surface area contributed by atoms with Crippen LogP contribution in [0.2, 0.25) is 5.02 Å². The topological polar surface area (TPSA) is 132 Å². The van der Waals surface area contributed by atoms with E-state index in [0.717, 1.165) is 4.57 Å². The van der Waals surface area contributed by atoms with Gasteiger partial charge in [0.1, 0.15) is 5.75 Å². The number of hydrogen-bond acceptors (Lipinski definition) is 6. The van der Waals surface area contributed by atoms with Crippen molar-refractivity contribution in [3.8, 4) is 11.6 Å². The van der Waals surface area contributed by atoms with Gasteiger partial charge in [-0.25, -0.2) is 19.1 Å². The number of rotatable bonds is 8. The van der Waals surface area contributed by atoms with Crippen LogP contribution in [0.15, 0.2) is 81.3 Å². The standard InChI is InChI=1S/C26H23ClFN5O5/c1-26(2,22(34)35)15-33-24(36)31-23(32(25(33)37)14-16-6-8-17(27)9-7-16)29-18-10-12-19(13-11-18)38-21-5-3-4-20(28)30-21/h3-13H,14-15H2,1-2H3,(H,34,35)(H,29,31,36). The summed E-state index contributed by atoms with van der Waals surface area (Å²) in [6.45, 7) is 2.53. The average molecular weight is 540 g/mol. The van der Waals surface area contributed by atoms with Crippen molar-refractivity contribution in [2.75, 3.05) is 0 Å². The van der Waals surface area contributed by atoms with E-state index in [1.807, 2.05) is 0 Å². The average Bonchev–Trinajstić information content (AvgIpc) is 2.86. The number of aliphatic carboxylic acids is 1. The highest BCUT2D eigenvalue weighted by Gasteiger charge is 2.29. The number of carbonyl (C=O) groups is 1. The Hall–Kier alpha value is -4.51. The Bertz CT molecular complexity index is 1660. The zero-order chi connectivity index (χ0) is 27.4. The summed E-state index contributed by atoms with van der Waals surface area (Å²) in [5, 5.41) is 10.0. The third-order valence-corrected chi connectivity index (χ3v) is 5.80. The van der Waals surface area contributed by atoms with Crippen molar-refractivity contribution >= 4 is 23.3 Å². The molecule has 0 bridgehead atoms. The van der Waals surface area contributed by atoms with Crippen LogP contribution in [-0.4, -0.2) is 30.2 Å². The predicted octanol–water partition coefficient (Wildman–Crippen LogP) is 3.71. The van der Waals surface area contributed by atoms with E-state index in [9.17, 15) is 23.9 Å². The van der Waals surface area contributed by atoms with Crippen molar-refractivity contribution in [2.24, 2.45) is 10.4 Å². The van der Waals surface area contributed by atoms with Gasteiger partial charge in [-0.05, 0) is 61.9 Å². The lowest BCUT2D eigenvalue weighted by Gasteiger charge is -2.20. The van der Waals surface area contributed by atoms with E-state index >= 15 is 0 Å². The summed E-state index contributed by atoms with van der Waals surface area (Å²) in [7, 11) is 0. The van der Waals surface area contributed by atoms with E-state index < -0.39 is 28.7 Å². The maximum atomic E-state index is 13.4. The van der Waals surface area contributed by atoms with Gasteiger partial charge in [0.15, 0.2) is 0 Å². The minimum atomic E-state index is -1.38. The Labute approximate surface area is 220 Å². The molecule has 2 N–H and O–H groups in total. The summed E-state index contributed by atoms with van der Waals surface area (Å²) in [6.07, 6.45) is 0. The fraction of sp³-hybridized carbons (Fsp3) is 0.192. The van der Waals surface area contributed by atoms with Crippen LogP contribution in [0.5, 0.6) is 11.6 Å². The van der Waals surface area contributed by atoms with Crippen LogP contribution in [0.1, 0.15) is 19.4 Å². The van der Waals surface area contributed by atoms with Crippen LogP contribution < -0.4 is 21.7 Å². The summed E-state index contributed by atoms with van der Waals surface area (Å²) < 4.78 is 20.9. The van der Waals surface area contributed by atoms with Crippen molar-refractivity contribution in [2.45, 2.75) is 26.9 Å². The molecule has 12 heteroatoms. The highest BCUT2D eigenvalue weighted by molar-refractivity contribution is 6.30. The van der Waals surface area contributed by atoms with Crippen molar-refractivity contribution in [3.05, 3.63) is 110 Å². The summed E-state index contributed by atoms with van der Waals surface area (Å²) in [6, 6.07) is 17.3. The normalized spacial score (nSPS) is 11.9. The van der Waals surface area contributed by atoms with Crippen molar-refractivity contribution < 1.29 is 19.0 Å². The highest BCUT2D eigenvalue weighted by atomic mass is 35.5. The molecule has 0 amide bonds. The first kappa shape index (κ1) is 26.6. The molecule has 2 aromatic carbocycles. The summed E-state index contributed by atoms with van der Waals surface area (Å²) in [4.78, 5) is 48.6. The third kappa shape index (κ3) is 6.24. The molecule has 10 nitrogen and oxygen atoms in total. The highest BCUT2D eigenvalue weighted by Crippen LogP contribution is 2.22. The van der Waals surface area contributed by atoms with Crippen LogP contribution in [0.4, 0.5) is 10.1 Å². The number of ether oxygens (including phenoxy) is 1. The minimum absolute atomic E-state index is 0.0333. The maximum absolute atomic E-state index is 13.4. The van der Waals surface area contributed by atoms with Gasteiger partial charge in [-0.2, -0.15) is 9.37 Å². The second-order valence-corrected chi connectivity index (χ2v) is 9.47. The summed E-state index contributed by atoms with van der Waals surface area (Å²) in [5.41, 5.74) is -1.86. The first-order valence-electron chi connectivity index (χ1n) is 11.4. The van der Waals surface area contributed by atoms with Crippen LogP contribution >= 0.6 is 11.6 Å². The van der Waals surface area contributed by atoms with Gasteiger partial charge in [-0.15, -0.1) is 0 Å². The molecule has 0 saturated heterocycles. The van der Waals surface area contributed by atoms with Gasteiger partial charge in [0.05, 0.1) is 17.6 Å². The number of pyridine rings is 1. The maximum Gasteiger partial charge on any atom is 0.335 e. The number of halogens is 2. The molecule has 4 rings (SSSR count). The number of carboxylic acids is 1. The first-order chi connectivity index (χ1) is 18.0. The van der Waals surface area contributed by atoms with Gasteiger partial charge in [-0.1, -0.05) is 29.8 Å². The monoisotopic (exact) mass is 539 g/mol. The van der Waals surface area contributed by atoms with E-state index in [-0.39, 0.29) is 24.6 Å². The molecular weight excluding hydrogens is 517 g/mol. The summed E-state index contributed by atoms with van der Waals surface area (Å²) >= 11 is 5.98. The fourth-order valence-electron chi connectivity index (χ4n) is 3.44. The largest absolute Gasteiger partial charge is 0.481 e. The molecule has 0 fully saturated rings. The van der Waals surface area contributed by atoms with Gasteiger partial charge < -0.3 is 9.84 Å². The Morgan fingerprint density at radius 3 is 2.39 bits per heavy atom. The van der Waals surface area contributed by atoms with Crippen molar-refractivity contribution in [3.63, 3.8) is 0 Å². The molecule has 0 aliphatic carbocycles. The SMILES string of the molecule is CC(C)(Cn1c(=O)[nH]/c(=N\c2ccc(Oc3cccc(F)n3)cc2)n(Cc2ccc(Cl)cc2)c1=O)C(=O)O. The molecule has 38 heavy (non-hydrogen) atoms. The lowest BCUT2D eigenvalue weighted by Crippen LogP contribution is -2.52. The Kier molecular flexibility index (Phi) is 7.58. The number of aromatic nitrogens is 4. The van der Waals surface area contributed by atoms with Crippen molar-refractivity contribution in [1.29, 1.82) is 0 Å². The molecule has 2 aromatic heterocycles. The molecular formula is C26H23ClFN5O5. The van der Waals surface area contributed by atoms with E-state index in [4.69, 9.17) is 16.3 Å². The quantitative estimate of drug-likeness (QED) is 0.328. The van der Waals surface area contributed by atoms with Crippen LogP contribution in [-0.2, 0) is 17.9 Å². The van der Waals surface area contributed by atoms with Gasteiger partial charge in [0.2, 0.25) is 17.4 Å². The first-order valence-corrected chi connectivity index (χ1v) is 11.8. The van der Waals surface area contributed by atoms with Gasteiger partial charge in [0.25, 0.3) is 0 Å². The smallest absolute Gasteiger partial charge is 0.335 e. The zero-order valence-electron chi connectivity index (χ0n) is 20.4. The molecule has 0 radical (unpaired) electrons. The van der Waals surface area contributed by atoms with E-state index in [1.165, 1.54) is 36.6 Å². The van der Waals surface area contributed by atoms with Gasteiger partial charge in [-0.3, -0.25) is 14.3 Å².